The number of hydrogen-bond donors (Lipinski definition) is 0. The molecular weight excluding hydrogens is 497 g/mol. The topological polar surface area (TPSA) is 33.0 Å². The van der Waals surface area contributed by atoms with Gasteiger partial charge in [-0.3, -0.25) is 0 Å². The Morgan fingerprint density at radius 3 is 2.40 bits per heavy atom. The summed E-state index contributed by atoms with van der Waals surface area (Å²) in [6, 6.07) is 2.77. The molecule has 1 saturated carbocycles. The van der Waals surface area contributed by atoms with Gasteiger partial charge in [0.2, 0.25) is 0 Å². The minimum absolute atomic E-state index is 0.00351. The monoisotopic (exact) mass is 541 g/mol. The molecule has 1 rings (SSSR count). The van der Waals surface area contributed by atoms with Crippen LogP contribution in [0.5, 0.6) is 0 Å². The van der Waals surface area contributed by atoms with Gasteiger partial charge in [-0.05, 0) is 73.1 Å². The Balaban J connectivity index is 3.37. The average molecular weight is 542 g/mol. The van der Waals surface area contributed by atoms with Gasteiger partial charge in [0.1, 0.15) is 0 Å². The third-order valence-electron chi connectivity index (χ3n) is 7.99. The Morgan fingerprint density at radius 2 is 1.93 bits per heavy atom. The molecule has 1 fully saturated rings. The number of allylic oxidation sites excluding steroid dienone is 3. The summed E-state index contributed by atoms with van der Waals surface area (Å²) < 4.78 is 9.15. The quantitative estimate of drug-likeness (QED) is 0.175. The zero-order chi connectivity index (χ0) is 23.3. The van der Waals surface area contributed by atoms with E-state index in [1.165, 1.54) is 5.57 Å². The van der Waals surface area contributed by atoms with Crippen LogP contribution in [0, 0.1) is 34.5 Å². The van der Waals surface area contributed by atoms with Gasteiger partial charge in [-0.15, -0.1) is 0 Å². The molecule has 0 aromatic rings. The van der Waals surface area contributed by atoms with Crippen molar-refractivity contribution in [2.45, 2.75) is 98.4 Å². The highest BCUT2D eigenvalue weighted by Gasteiger charge is 2.50. The average Bonchev–Trinajstić information content (AvgIpc) is 2.66. The SMILES string of the molecule is C=C/C(C)=C\C(O[Si](C)(C)C(C)(C)C)C1CC[C@@H](C)C(C)(CC/C(C)=C\I)C1C#N. The first-order valence-electron chi connectivity index (χ1n) is 11.4. The largest absolute Gasteiger partial charge is 0.410 e. The molecule has 0 saturated heterocycles. The maximum atomic E-state index is 10.4. The van der Waals surface area contributed by atoms with Gasteiger partial charge in [0, 0.05) is 5.92 Å². The zero-order valence-corrected chi connectivity index (χ0v) is 24.0. The van der Waals surface area contributed by atoms with E-state index in [-0.39, 0.29) is 28.4 Å². The summed E-state index contributed by atoms with van der Waals surface area (Å²) in [6.07, 6.45) is 8.45. The van der Waals surface area contributed by atoms with Crippen molar-refractivity contribution < 1.29 is 4.43 Å². The predicted octanol–water partition coefficient (Wildman–Crippen LogP) is 8.82. The molecule has 0 bridgehead atoms. The molecule has 0 heterocycles. The molecule has 4 heteroatoms. The van der Waals surface area contributed by atoms with Crippen molar-refractivity contribution in [3.05, 3.63) is 34.0 Å². The number of hydrogen-bond acceptors (Lipinski definition) is 2. The molecule has 5 atom stereocenters. The van der Waals surface area contributed by atoms with E-state index in [0.29, 0.717) is 5.92 Å². The van der Waals surface area contributed by atoms with Crippen LogP contribution >= 0.6 is 22.6 Å². The zero-order valence-electron chi connectivity index (χ0n) is 20.8. The van der Waals surface area contributed by atoms with Crippen LogP contribution in [0.2, 0.25) is 18.1 Å². The van der Waals surface area contributed by atoms with Crippen LogP contribution in [0.1, 0.15) is 74.1 Å². The van der Waals surface area contributed by atoms with Gasteiger partial charge in [0.05, 0.1) is 18.1 Å². The van der Waals surface area contributed by atoms with E-state index in [1.807, 2.05) is 6.08 Å². The first kappa shape index (κ1) is 27.7. The second-order valence-electron chi connectivity index (χ2n) is 11.2. The summed E-state index contributed by atoms with van der Waals surface area (Å²) in [5.41, 5.74) is 2.54. The summed E-state index contributed by atoms with van der Waals surface area (Å²) in [6.45, 7) is 24.4. The molecule has 0 aromatic carbocycles. The highest BCUT2D eigenvalue weighted by atomic mass is 127. The minimum atomic E-state index is -1.98. The Hall–Kier alpha value is -0.383. The van der Waals surface area contributed by atoms with Gasteiger partial charge in [-0.2, -0.15) is 5.26 Å². The van der Waals surface area contributed by atoms with Crippen molar-refractivity contribution in [3.8, 4) is 6.07 Å². The van der Waals surface area contributed by atoms with E-state index in [1.54, 1.807) is 0 Å². The van der Waals surface area contributed by atoms with Crippen molar-refractivity contribution in [2.75, 3.05) is 0 Å². The fourth-order valence-electron chi connectivity index (χ4n) is 4.34. The molecule has 1 aliphatic rings. The van der Waals surface area contributed by atoms with E-state index in [4.69, 9.17) is 4.43 Å². The number of nitrogens with zero attached hydrogens (tertiary/aromatic N) is 1. The number of nitriles is 1. The normalized spacial score (nSPS) is 30.0. The van der Waals surface area contributed by atoms with Gasteiger partial charge in [-0.25, -0.2) is 0 Å². The highest BCUT2D eigenvalue weighted by molar-refractivity contribution is 14.1. The first-order chi connectivity index (χ1) is 13.7. The lowest BCUT2D eigenvalue weighted by Gasteiger charge is -2.51. The molecule has 0 radical (unpaired) electrons. The van der Waals surface area contributed by atoms with Gasteiger partial charge in [0.15, 0.2) is 8.32 Å². The van der Waals surface area contributed by atoms with Crippen LogP contribution in [0.25, 0.3) is 0 Å². The van der Waals surface area contributed by atoms with E-state index >= 15 is 0 Å². The number of halogens is 1. The molecular formula is C26H44INOSi. The Kier molecular flexibility index (Phi) is 10.1. The van der Waals surface area contributed by atoms with Crippen LogP contribution in [-0.2, 0) is 4.43 Å². The molecule has 0 aliphatic heterocycles. The van der Waals surface area contributed by atoms with E-state index < -0.39 is 8.32 Å². The van der Waals surface area contributed by atoms with Crippen LogP contribution in [0.3, 0.4) is 0 Å². The van der Waals surface area contributed by atoms with Crippen molar-refractivity contribution >= 4 is 30.9 Å². The predicted molar refractivity (Wildman–Crippen MR) is 142 cm³/mol. The lowest BCUT2D eigenvalue weighted by Crippen LogP contribution is -2.50. The van der Waals surface area contributed by atoms with Crippen LogP contribution < -0.4 is 0 Å². The van der Waals surface area contributed by atoms with Crippen LogP contribution in [0.15, 0.2) is 34.0 Å². The second-order valence-corrected chi connectivity index (χ2v) is 16.5. The smallest absolute Gasteiger partial charge is 0.192 e. The highest BCUT2D eigenvalue weighted by Crippen LogP contribution is 2.53. The summed E-state index contributed by atoms with van der Waals surface area (Å²) in [4.78, 5) is 0. The number of rotatable bonds is 8. The lowest BCUT2D eigenvalue weighted by atomic mass is 9.55. The summed E-state index contributed by atoms with van der Waals surface area (Å²) >= 11 is 2.33. The molecule has 0 N–H and O–H groups in total. The Morgan fingerprint density at radius 1 is 1.33 bits per heavy atom. The molecule has 30 heavy (non-hydrogen) atoms. The molecule has 0 aromatic heterocycles. The molecule has 0 amide bonds. The fourth-order valence-corrected chi connectivity index (χ4v) is 5.93. The van der Waals surface area contributed by atoms with Gasteiger partial charge in [-0.1, -0.05) is 87.1 Å². The third-order valence-corrected chi connectivity index (χ3v) is 13.5. The molecule has 0 spiro atoms. The summed E-state index contributed by atoms with van der Waals surface area (Å²) in [7, 11) is -1.98. The van der Waals surface area contributed by atoms with Gasteiger partial charge in [0.25, 0.3) is 0 Å². The van der Waals surface area contributed by atoms with Crippen molar-refractivity contribution in [3.63, 3.8) is 0 Å². The van der Waals surface area contributed by atoms with E-state index in [2.05, 4.69) is 107 Å². The minimum Gasteiger partial charge on any atom is -0.410 e. The maximum Gasteiger partial charge on any atom is 0.192 e. The van der Waals surface area contributed by atoms with E-state index in [9.17, 15) is 5.26 Å². The molecule has 4 unspecified atom stereocenters. The van der Waals surface area contributed by atoms with Gasteiger partial charge < -0.3 is 4.43 Å². The third kappa shape index (κ3) is 6.56. The Labute approximate surface area is 201 Å². The summed E-state index contributed by atoms with van der Waals surface area (Å²) in [5.74, 6) is 0.759. The Bertz CT molecular complexity index is 697. The lowest BCUT2D eigenvalue weighted by molar-refractivity contribution is -0.0108. The second kappa shape index (κ2) is 11.0. The standard InChI is InChI=1S/C26H44INOSi/c1-11-19(2)16-24(29-30(9,10)25(5,6)7)22-13-12-21(4)26(8,23(22)18-28)15-14-20(3)17-27/h11,16-17,21-24H,1,12-15H2,2-10H3/b19-16-,20-17-/t21-,22?,23?,24?,26?/m1/s1. The molecule has 170 valence electrons. The van der Waals surface area contributed by atoms with Crippen molar-refractivity contribution in [1.82, 2.24) is 0 Å². The van der Waals surface area contributed by atoms with Crippen LogP contribution in [-0.4, -0.2) is 14.4 Å². The van der Waals surface area contributed by atoms with Crippen molar-refractivity contribution in [1.29, 1.82) is 5.26 Å². The molecule has 2 nitrogen and oxygen atoms in total. The van der Waals surface area contributed by atoms with Crippen LogP contribution in [0.4, 0.5) is 0 Å². The van der Waals surface area contributed by atoms with Gasteiger partial charge >= 0.3 is 0 Å². The van der Waals surface area contributed by atoms with E-state index in [0.717, 1.165) is 31.3 Å². The molecule has 1 aliphatic carbocycles. The fraction of sp³-hybridized carbons (Fsp3) is 0.731. The maximum absolute atomic E-state index is 10.4. The van der Waals surface area contributed by atoms with Crippen molar-refractivity contribution in [2.24, 2.45) is 23.2 Å². The summed E-state index contributed by atoms with van der Waals surface area (Å²) in [5, 5.41) is 10.5. The first-order valence-corrected chi connectivity index (χ1v) is 15.5.